The highest BCUT2D eigenvalue weighted by Gasteiger charge is 2.27. The molecular weight excluding hydrogens is 358 g/mol. The molecule has 5 nitrogen and oxygen atoms in total. The van der Waals surface area contributed by atoms with Crippen LogP contribution in [0.4, 0.5) is 5.69 Å². The molecule has 1 aliphatic rings. The molecule has 0 saturated carbocycles. The van der Waals surface area contributed by atoms with Crippen LogP contribution in [0.15, 0.2) is 18.2 Å². The molecule has 1 N–H and O–H groups in total. The summed E-state index contributed by atoms with van der Waals surface area (Å²) in [5.41, 5.74) is 1.89. The molecule has 7 heteroatoms. The summed E-state index contributed by atoms with van der Waals surface area (Å²) < 4.78 is 5.25. The SMILES string of the molecule is COCCN(C(=S)Nc1cccc(Cl)c1C)C1CCN(C(C)=O)CC1. The first-order valence-corrected chi connectivity index (χ1v) is 9.29. The summed E-state index contributed by atoms with van der Waals surface area (Å²) in [6.45, 7) is 6.44. The average molecular weight is 384 g/mol. The molecule has 0 aliphatic carbocycles. The molecular formula is C18H26ClN3O2S. The van der Waals surface area contributed by atoms with Crippen molar-refractivity contribution >= 4 is 40.5 Å². The van der Waals surface area contributed by atoms with E-state index in [1.165, 1.54) is 0 Å². The van der Waals surface area contributed by atoms with Gasteiger partial charge in [-0.25, -0.2) is 0 Å². The summed E-state index contributed by atoms with van der Waals surface area (Å²) >= 11 is 11.9. The largest absolute Gasteiger partial charge is 0.383 e. The number of ether oxygens (including phenoxy) is 1. The van der Waals surface area contributed by atoms with Crippen molar-refractivity contribution in [2.24, 2.45) is 0 Å². The Hall–Kier alpha value is -1.37. The number of methoxy groups -OCH3 is 1. The van der Waals surface area contributed by atoms with E-state index in [1.807, 2.05) is 30.0 Å². The minimum absolute atomic E-state index is 0.136. The number of amides is 1. The van der Waals surface area contributed by atoms with Crippen molar-refractivity contribution < 1.29 is 9.53 Å². The second-order valence-corrected chi connectivity index (χ2v) is 7.06. The minimum Gasteiger partial charge on any atom is -0.383 e. The number of benzene rings is 1. The standard InChI is InChI=1S/C18H26ClN3O2S/c1-13-16(19)5-4-6-17(13)20-18(25)22(11-12-24-3)15-7-9-21(10-8-15)14(2)23/h4-6,15H,7-12H2,1-3H3,(H,20,25). The number of carbonyl (C=O) groups is 1. The topological polar surface area (TPSA) is 44.8 Å². The first kappa shape index (κ1) is 19.9. The van der Waals surface area contributed by atoms with Crippen LogP contribution < -0.4 is 5.32 Å². The van der Waals surface area contributed by atoms with Crippen molar-refractivity contribution in [3.63, 3.8) is 0 Å². The van der Waals surface area contributed by atoms with Gasteiger partial charge in [0.2, 0.25) is 5.91 Å². The molecule has 138 valence electrons. The van der Waals surface area contributed by atoms with E-state index in [-0.39, 0.29) is 5.91 Å². The molecule has 1 fully saturated rings. The van der Waals surface area contributed by atoms with Gasteiger partial charge in [0.1, 0.15) is 0 Å². The minimum atomic E-state index is 0.136. The number of nitrogens with one attached hydrogen (secondary N) is 1. The first-order chi connectivity index (χ1) is 11.9. The fourth-order valence-electron chi connectivity index (χ4n) is 3.06. The molecule has 1 aromatic rings. The second kappa shape index (κ2) is 9.36. The van der Waals surface area contributed by atoms with E-state index in [0.29, 0.717) is 29.3 Å². The zero-order valence-electron chi connectivity index (χ0n) is 15.0. The summed E-state index contributed by atoms with van der Waals surface area (Å²) in [5.74, 6) is 0.136. The molecule has 1 aliphatic heterocycles. The molecule has 25 heavy (non-hydrogen) atoms. The predicted molar refractivity (Wildman–Crippen MR) is 106 cm³/mol. The Bertz CT molecular complexity index is 618. The maximum absolute atomic E-state index is 11.5. The molecule has 0 bridgehead atoms. The van der Waals surface area contributed by atoms with E-state index in [9.17, 15) is 4.79 Å². The first-order valence-electron chi connectivity index (χ1n) is 8.51. The highest BCUT2D eigenvalue weighted by atomic mass is 35.5. The van der Waals surface area contributed by atoms with Crippen molar-refractivity contribution in [2.75, 3.05) is 38.7 Å². The van der Waals surface area contributed by atoms with Crippen LogP contribution in [0.2, 0.25) is 5.02 Å². The quantitative estimate of drug-likeness (QED) is 0.790. The Balaban J connectivity index is 2.07. The van der Waals surface area contributed by atoms with Gasteiger partial charge in [0.25, 0.3) is 0 Å². The molecule has 1 saturated heterocycles. The zero-order valence-corrected chi connectivity index (χ0v) is 16.6. The summed E-state index contributed by atoms with van der Waals surface area (Å²) in [7, 11) is 1.69. The van der Waals surface area contributed by atoms with E-state index in [0.717, 1.165) is 37.2 Å². The Morgan fingerprint density at radius 3 is 2.72 bits per heavy atom. The lowest BCUT2D eigenvalue weighted by Crippen LogP contribution is -2.50. The third kappa shape index (κ3) is 5.30. The van der Waals surface area contributed by atoms with Gasteiger partial charge in [-0.3, -0.25) is 4.79 Å². The van der Waals surface area contributed by atoms with Crippen molar-refractivity contribution in [1.29, 1.82) is 0 Å². The van der Waals surface area contributed by atoms with Crippen molar-refractivity contribution in [1.82, 2.24) is 9.80 Å². The molecule has 1 aromatic carbocycles. The number of thiocarbonyl (C=S) groups is 1. The van der Waals surface area contributed by atoms with E-state index >= 15 is 0 Å². The van der Waals surface area contributed by atoms with Gasteiger partial charge in [0.05, 0.1) is 6.61 Å². The second-order valence-electron chi connectivity index (χ2n) is 6.27. The van der Waals surface area contributed by atoms with Crippen molar-refractivity contribution in [2.45, 2.75) is 32.7 Å². The lowest BCUT2D eigenvalue weighted by molar-refractivity contribution is -0.130. The number of carbonyl (C=O) groups excluding carboxylic acids is 1. The monoisotopic (exact) mass is 383 g/mol. The summed E-state index contributed by atoms with van der Waals surface area (Å²) in [6, 6.07) is 6.04. The fourth-order valence-corrected chi connectivity index (χ4v) is 3.59. The van der Waals surface area contributed by atoms with Gasteiger partial charge < -0.3 is 19.9 Å². The van der Waals surface area contributed by atoms with Gasteiger partial charge in [-0.1, -0.05) is 17.7 Å². The van der Waals surface area contributed by atoms with Crippen LogP contribution in [0.25, 0.3) is 0 Å². The average Bonchev–Trinajstić information content (AvgIpc) is 2.59. The fraction of sp³-hybridized carbons (Fsp3) is 0.556. The van der Waals surface area contributed by atoms with Crippen LogP contribution >= 0.6 is 23.8 Å². The number of likely N-dealkylation sites (tertiary alicyclic amines) is 1. The summed E-state index contributed by atoms with van der Waals surface area (Å²) in [6.07, 6.45) is 1.80. The van der Waals surface area contributed by atoms with E-state index in [4.69, 9.17) is 28.6 Å². The van der Waals surface area contributed by atoms with E-state index < -0.39 is 0 Å². The molecule has 0 atom stereocenters. The molecule has 0 spiro atoms. The number of halogens is 1. The highest BCUT2D eigenvalue weighted by molar-refractivity contribution is 7.80. The maximum Gasteiger partial charge on any atom is 0.219 e. The molecule has 0 radical (unpaired) electrons. The number of piperidine rings is 1. The Labute approximate surface area is 160 Å². The van der Waals surface area contributed by atoms with Gasteiger partial charge >= 0.3 is 0 Å². The van der Waals surface area contributed by atoms with E-state index in [1.54, 1.807) is 14.0 Å². The molecule has 0 unspecified atom stereocenters. The van der Waals surface area contributed by atoms with Crippen molar-refractivity contribution in [3.8, 4) is 0 Å². The van der Waals surface area contributed by atoms with Gasteiger partial charge in [0, 0.05) is 50.4 Å². The summed E-state index contributed by atoms with van der Waals surface area (Å²) in [5, 5.41) is 4.71. The number of hydrogen-bond donors (Lipinski definition) is 1. The Kier molecular flexibility index (Phi) is 7.47. The van der Waals surface area contributed by atoms with Crippen LogP contribution in [0.5, 0.6) is 0 Å². The van der Waals surface area contributed by atoms with Gasteiger partial charge in [0.15, 0.2) is 5.11 Å². The van der Waals surface area contributed by atoms with Crippen LogP contribution in [0.1, 0.15) is 25.3 Å². The van der Waals surface area contributed by atoms with Crippen LogP contribution in [-0.2, 0) is 9.53 Å². The lowest BCUT2D eigenvalue weighted by atomic mass is 10.0. The normalized spacial score (nSPS) is 15.1. The van der Waals surface area contributed by atoms with Crippen LogP contribution in [0, 0.1) is 6.92 Å². The van der Waals surface area contributed by atoms with Crippen LogP contribution in [0.3, 0.4) is 0 Å². The lowest BCUT2D eigenvalue weighted by Gasteiger charge is -2.39. The zero-order chi connectivity index (χ0) is 18.4. The van der Waals surface area contributed by atoms with Crippen molar-refractivity contribution in [3.05, 3.63) is 28.8 Å². The molecule has 1 amide bonds. The Morgan fingerprint density at radius 1 is 1.44 bits per heavy atom. The number of rotatable bonds is 5. The predicted octanol–water partition coefficient (Wildman–Crippen LogP) is 3.30. The summed E-state index contributed by atoms with van der Waals surface area (Å²) in [4.78, 5) is 15.6. The van der Waals surface area contributed by atoms with Gasteiger partial charge in [-0.05, 0) is 49.7 Å². The molecule has 2 rings (SSSR count). The maximum atomic E-state index is 11.5. The Morgan fingerprint density at radius 2 is 2.12 bits per heavy atom. The number of anilines is 1. The molecule has 0 aromatic heterocycles. The third-order valence-corrected chi connectivity index (χ3v) is 5.40. The number of nitrogens with zero attached hydrogens (tertiary/aromatic N) is 2. The molecule has 1 heterocycles. The number of hydrogen-bond acceptors (Lipinski definition) is 3. The third-order valence-electron chi connectivity index (χ3n) is 4.66. The highest BCUT2D eigenvalue weighted by Crippen LogP contribution is 2.24. The van der Waals surface area contributed by atoms with Gasteiger partial charge in [-0.15, -0.1) is 0 Å². The van der Waals surface area contributed by atoms with Crippen LogP contribution in [-0.4, -0.2) is 60.2 Å². The smallest absolute Gasteiger partial charge is 0.219 e. The van der Waals surface area contributed by atoms with Gasteiger partial charge in [-0.2, -0.15) is 0 Å². The van der Waals surface area contributed by atoms with E-state index in [2.05, 4.69) is 10.2 Å².